The summed E-state index contributed by atoms with van der Waals surface area (Å²) >= 11 is 1.46. The van der Waals surface area contributed by atoms with Crippen molar-refractivity contribution in [2.45, 2.75) is 41.5 Å². The standard InChI is InChI=1S/C22H29N3O2S/c1-14-7-8-17(15(2)13-14)19-23-16(3)18(28-19)20(26)24-9-11-25(12-10-24)21(27)22(4,5)6/h7-8,13H,9-12H2,1-6H3. The number of rotatable bonds is 2. The number of nitrogens with zero attached hydrogens (tertiary/aromatic N) is 3. The summed E-state index contributed by atoms with van der Waals surface area (Å²) in [5, 5.41) is 0.889. The van der Waals surface area contributed by atoms with Crippen LogP contribution in [0.4, 0.5) is 0 Å². The first-order chi connectivity index (χ1) is 13.1. The molecule has 0 saturated carbocycles. The van der Waals surface area contributed by atoms with E-state index in [0.29, 0.717) is 31.1 Å². The lowest BCUT2D eigenvalue weighted by Crippen LogP contribution is -2.53. The van der Waals surface area contributed by atoms with Gasteiger partial charge in [-0.15, -0.1) is 11.3 Å². The van der Waals surface area contributed by atoms with Crippen molar-refractivity contribution in [3.05, 3.63) is 39.9 Å². The van der Waals surface area contributed by atoms with E-state index in [0.717, 1.165) is 16.3 Å². The van der Waals surface area contributed by atoms with Gasteiger partial charge in [-0.05, 0) is 26.3 Å². The van der Waals surface area contributed by atoms with Crippen LogP contribution in [0.1, 0.15) is 47.3 Å². The first-order valence-electron chi connectivity index (χ1n) is 9.71. The monoisotopic (exact) mass is 399 g/mol. The third-order valence-corrected chi connectivity index (χ3v) is 6.28. The largest absolute Gasteiger partial charge is 0.339 e. The smallest absolute Gasteiger partial charge is 0.265 e. The van der Waals surface area contributed by atoms with Crippen LogP contribution in [0.3, 0.4) is 0 Å². The molecule has 2 aromatic rings. The molecule has 2 heterocycles. The maximum atomic E-state index is 13.1. The molecule has 1 aliphatic heterocycles. The fraction of sp³-hybridized carbons (Fsp3) is 0.500. The lowest BCUT2D eigenvalue weighted by atomic mass is 9.94. The number of hydrogen-bond acceptors (Lipinski definition) is 4. The van der Waals surface area contributed by atoms with Crippen molar-refractivity contribution in [2.75, 3.05) is 26.2 Å². The number of benzene rings is 1. The number of thiazole rings is 1. The normalized spacial score (nSPS) is 15.1. The Labute approximate surface area is 171 Å². The van der Waals surface area contributed by atoms with Crippen molar-refractivity contribution < 1.29 is 9.59 Å². The number of hydrogen-bond donors (Lipinski definition) is 0. The Morgan fingerprint density at radius 3 is 2.18 bits per heavy atom. The molecule has 1 aromatic carbocycles. The zero-order valence-corrected chi connectivity index (χ0v) is 18.4. The fourth-order valence-corrected chi connectivity index (χ4v) is 4.62. The molecule has 1 aromatic heterocycles. The van der Waals surface area contributed by atoms with E-state index in [-0.39, 0.29) is 17.2 Å². The van der Waals surface area contributed by atoms with Crippen molar-refractivity contribution in [2.24, 2.45) is 5.41 Å². The number of piperazine rings is 1. The Bertz CT molecular complexity index is 903. The second-order valence-corrected chi connectivity index (χ2v) is 9.59. The van der Waals surface area contributed by atoms with Crippen LogP contribution in [0.15, 0.2) is 18.2 Å². The van der Waals surface area contributed by atoms with Gasteiger partial charge >= 0.3 is 0 Å². The van der Waals surface area contributed by atoms with Gasteiger partial charge in [-0.25, -0.2) is 4.98 Å². The average molecular weight is 400 g/mol. The van der Waals surface area contributed by atoms with E-state index in [1.54, 1.807) is 0 Å². The zero-order chi connectivity index (χ0) is 20.6. The number of amides is 2. The van der Waals surface area contributed by atoms with Crippen molar-refractivity contribution >= 4 is 23.2 Å². The van der Waals surface area contributed by atoms with E-state index >= 15 is 0 Å². The minimum absolute atomic E-state index is 0.0221. The maximum Gasteiger partial charge on any atom is 0.265 e. The molecule has 2 amide bonds. The highest BCUT2D eigenvalue weighted by atomic mass is 32.1. The van der Waals surface area contributed by atoms with E-state index in [4.69, 9.17) is 0 Å². The van der Waals surface area contributed by atoms with Crippen LogP contribution in [0, 0.1) is 26.2 Å². The highest BCUT2D eigenvalue weighted by Gasteiger charge is 2.32. The number of carbonyl (C=O) groups is 2. The van der Waals surface area contributed by atoms with E-state index in [2.05, 4.69) is 37.0 Å². The molecule has 6 heteroatoms. The summed E-state index contributed by atoms with van der Waals surface area (Å²) in [6.07, 6.45) is 0. The summed E-state index contributed by atoms with van der Waals surface area (Å²) in [7, 11) is 0. The van der Waals surface area contributed by atoms with Gasteiger partial charge in [0, 0.05) is 37.2 Å². The number of aromatic nitrogens is 1. The molecular weight excluding hydrogens is 370 g/mol. The summed E-state index contributed by atoms with van der Waals surface area (Å²) in [6, 6.07) is 6.29. The molecule has 0 bridgehead atoms. The summed E-state index contributed by atoms with van der Waals surface area (Å²) < 4.78 is 0. The Kier molecular flexibility index (Phi) is 5.62. The van der Waals surface area contributed by atoms with E-state index in [1.165, 1.54) is 22.5 Å². The molecule has 0 aliphatic carbocycles. The average Bonchev–Trinajstić information content (AvgIpc) is 3.01. The quantitative estimate of drug-likeness (QED) is 0.765. The highest BCUT2D eigenvalue weighted by Crippen LogP contribution is 2.31. The van der Waals surface area contributed by atoms with Crippen molar-refractivity contribution in [3.63, 3.8) is 0 Å². The van der Waals surface area contributed by atoms with Gasteiger partial charge in [0.15, 0.2) is 0 Å². The Hall–Kier alpha value is -2.21. The summed E-state index contributed by atoms with van der Waals surface area (Å²) in [5.74, 6) is 0.166. The zero-order valence-electron chi connectivity index (χ0n) is 17.6. The van der Waals surface area contributed by atoms with Gasteiger partial charge in [-0.3, -0.25) is 9.59 Å². The molecule has 5 nitrogen and oxygen atoms in total. The van der Waals surface area contributed by atoms with E-state index in [9.17, 15) is 9.59 Å². The van der Waals surface area contributed by atoms with Gasteiger partial charge in [-0.2, -0.15) is 0 Å². The second kappa shape index (κ2) is 7.66. The molecule has 1 fully saturated rings. The minimum Gasteiger partial charge on any atom is -0.339 e. The summed E-state index contributed by atoms with van der Waals surface area (Å²) in [4.78, 5) is 34.6. The van der Waals surface area contributed by atoms with Gasteiger partial charge in [-0.1, -0.05) is 44.5 Å². The lowest BCUT2D eigenvalue weighted by Gasteiger charge is -2.37. The van der Waals surface area contributed by atoms with Crippen LogP contribution in [-0.2, 0) is 4.79 Å². The minimum atomic E-state index is -0.388. The molecule has 1 saturated heterocycles. The van der Waals surface area contributed by atoms with E-state index in [1.807, 2.05) is 37.5 Å². The van der Waals surface area contributed by atoms with Crippen LogP contribution >= 0.6 is 11.3 Å². The Morgan fingerprint density at radius 2 is 1.61 bits per heavy atom. The fourth-order valence-electron chi connectivity index (χ4n) is 3.49. The molecule has 28 heavy (non-hydrogen) atoms. The summed E-state index contributed by atoms with van der Waals surface area (Å²) in [6.45, 7) is 14.2. The molecule has 3 rings (SSSR count). The second-order valence-electron chi connectivity index (χ2n) is 8.59. The highest BCUT2D eigenvalue weighted by molar-refractivity contribution is 7.17. The van der Waals surface area contributed by atoms with Gasteiger partial charge < -0.3 is 9.80 Å². The van der Waals surface area contributed by atoms with Crippen LogP contribution in [0.2, 0.25) is 0 Å². The van der Waals surface area contributed by atoms with Crippen LogP contribution < -0.4 is 0 Å². The molecular formula is C22H29N3O2S. The number of aryl methyl sites for hydroxylation is 3. The van der Waals surface area contributed by atoms with Gasteiger partial charge in [0.2, 0.25) is 5.91 Å². The third kappa shape index (κ3) is 4.12. The molecule has 1 aliphatic rings. The molecule has 0 atom stereocenters. The Balaban J connectivity index is 1.74. The first kappa shape index (κ1) is 20.5. The van der Waals surface area contributed by atoms with Crippen molar-refractivity contribution in [1.82, 2.24) is 14.8 Å². The lowest BCUT2D eigenvalue weighted by molar-refractivity contribution is -0.140. The van der Waals surface area contributed by atoms with E-state index < -0.39 is 0 Å². The van der Waals surface area contributed by atoms with Crippen molar-refractivity contribution in [1.29, 1.82) is 0 Å². The van der Waals surface area contributed by atoms with Crippen LogP contribution in [-0.4, -0.2) is 52.8 Å². The molecule has 0 radical (unpaired) electrons. The third-order valence-electron chi connectivity index (χ3n) is 5.10. The van der Waals surface area contributed by atoms with Crippen LogP contribution in [0.5, 0.6) is 0 Å². The summed E-state index contributed by atoms with van der Waals surface area (Å²) in [5.41, 5.74) is 3.86. The van der Waals surface area contributed by atoms with Crippen molar-refractivity contribution in [3.8, 4) is 10.6 Å². The predicted molar refractivity (Wildman–Crippen MR) is 114 cm³/mol. The SMILES string of the molecule is Cc1ccc(-c2nc(C)c(C(=O)N3CCN(C(=O)C(C)(C)C)CC3)s2)c(C)c1. The molecule has 150 valence electrons. The van der Waals surface area contributed by atoms with Gasteiger partial charge in [0.1, 0.15) is 9.88 Å². The number of carbonyl (C=O) groups excluding carboxylic acids is 2. The maximum absolute atomic E-state index is 13.1. The van der Waals surface area contributed by atoms with Gasteiger partial charge in [0.25, 0.3) is 5.91 Å². The molecule has 0 N–H and O–H groups in total. The van der Waals surface area contributed by atoms with Gasteiger partial charge in [0.05, 0.1) is 5.69 Å². The topological polar surface area (TPSA) is 53.5 Å². The first-order valence-corrected chi connectivity index (χ1v) is 10.5. The Morgan fingerprint density at radius 1 is 1.00 bits per heavy atom. The molecule has 0 spiro atoms. The predicted octanol–water partition coefficient (Wildman–Crippen LogP) is 4.07. The molecule has 0 unspecified atom stereocenters. The van der Waals surface area contributed by atoms with Crippen LogP contribution in [0.25, 0.3) is 10.6 Å².